The molecule has 0 unspecified atom stereocenters. The van der Waals surface area contributed by atoms with Crippen molar-refractivity contribution in [1.82, 2.24) is 5.32 Å². The average Bonchev–Trinajstić information content (AvgIpc) is 2.33. The maximum Gasteiger partial charge on any atom is 0.239 e. The van der Waals surface area contributed by atoms with Crippen LogP contribution in [0.15, 0.2) is 18.2 Å². The molecule has 0 radical (unpaired) electrons. The maximum atomic E-state index is 11.5. The van der Waals surface area contributed by atoms with E-state index < -0.39 is 0 Å². The lowest BCUT2D eigenvalue weighted by Crippen LogP contribution is -2.31. The van der Waals surface area contributed by atoms with Crippen LogP contribution in [0.1, 0.15) is 12.0 Å². The van der Waals surface area contributed by atoms with Crippen LogP contribution in [0.4, 0.5) is 5.69 Å². The molecule has 0 heterocycles. The number of hydrogen-bond donors (Lipinski definition) is 2. The van der Waals surface area contributed by atoms with E-state index in [0.29, 0.717) is 18.2 Å². The lowest BCUT2D eigenvalue weighted by atomic mass is 10.2. The highest BCUT2D eigenvalue weighted by Crippen LogP contribution is 2.19. The van der Waals surface area contributed by atoms with Gasteiger partial charge in [0.15, 0.2) is 0 Å². The Balaban J connectivity index is 2.29. The van der Waals surface area contributed by atoms with Crippen LogP contribution >= 0.6 is 11.6 Å². The topological polar surface area (TPSA) is 50.4 Å². The van der Waals surface area contributed by atoms with Crippen molar-refractivity contribution in [3.63, 3.8) is 0 Å². The molecular formula is C13H19ClN2O2. The molecule has 0 aliphatic rings. The second-order valence-electron chi connectivity index (χ2n) is 4.01. The first-order chi connectivity index (χ1) is 8.63. The molecule has 0 bridgehead atoms. The van der Waals surface area contributed by atoms with E-state index in [1.54, 1.807) is 13.2 Å². The number of carbonyl (C=O) groups is 1. The first-order valence-electron chi connectivity index (χ1n) is 5.89. The number of ether oxygens (including phenoxy) is 1. The third-order valence-corrected chi connectivity index (χ3v) is 2.71. The van der Waals surface area contributed by atoms with Gasteiger partial charge in [0, 0.05) is 31.0 Å². The van der Waals surface area contributed by atoms with Crippen molar-refractivity contribution >= 4 is 23.2 Å². The highest BCUT2D eigenvalue weighted by molar-refractivity contribution is 6.30. The lowest BCUT2D eigenvalue weighted by molar-refractivity contribution is -0.119. The van der Waals surface area contributed by atoms with Gasteiger partial charge in [-0.05, 0) is 37.1 Å². The second kappa shape index (κ2) is 7.95. The molecule has 0 spiro atoms. The van der Waals surface area contributed by atoms with Gasteiger partial charge in [0.1, 0.15) is 0 Å². The number of methoxy groups -OCH3 is 1. The molecule has 1 aromatic carbocycles. The third kappa shape index (κ3) is 5.38. The summed E-state index contributed by atoms with van der Waals surface area (Å²) in [6.45, 7) is 3.50. The highest BCUT2D eigenvalue weighted by atomic mass is 35.5. The molecule has 18 heavy (non-hydrogen) atoms. The number of amides is 1. The summed E-state index contributed by atoms with van der Waals surface area (Å²) in [5.41, 5.74) is 1.95. The quantitative estimate of drug-likeness (QED) is 0.747. The zero-order valence-electron chi connectivity index (χ0n) is 10.8. The van der Waals surface area contributed by atoms with Crippen LogP contribution in [0, 0.1) is 6.92 Å². The van der Waals surface area contributed by atoms with E-state index in [2.05, 4.69) is 10.6 Å². The fraction of sp³-hybridized carbons (Fsp3) is 0.462. The standard InChI is InChI=1S/C13H19ClN2O2/c1-10-8-11(14)4-5-12(10)16-9-13(17)15-6-3-7-18-2/h4-5,8,16H,3,6-7,9H2,1-2H3,(H,15,17). The molecule has 0 atom stereocenters. The van der Waals surface area contributed by atoms with Crippen molar-refractivity contribution < 1.29 is 9.53 Å². The zero-order valence-corrected chi connectivity index (χ0v) is 11.5. The SMILES string of the molecule is COCCCNC(=O)CNc1ccc(Cl)cc1C. The van der Waals surface area contributed by atoms with E-state index >= 15 is 0 Å². The minimum Gasteiger partial charge on any atom is -0.385 e. The van der Waals surface area contributed by atoms with Crippen molar-refractivity contribution in [2.45, 2.75) is 13.3 Å². The maximum absolute atomic E-state index is 11.5. The van der Waals surface area contributed by atoms with Crippen molar-refractivity contribution in [1.29, 1.82) is 0 Å². The van der Waals surface area contributed by atoms with Crippen molar-refractivity contribution in [2.24, 2.45) is 0 Å². The van der Waals surface area contributed by atoms with Gasteiger partial charge in [-0.25, -0.2) is 0 Å². The summed E-state index contributed by atoms with van der Waals surface area (Å²) in [5.74, 6) is -0.0274. The van der Waals surface area contributed by atoms with Crippen molar-refractivity contribution in [3.8, 4) is 0 Å². The number of nitrogens with one attached hydrogen (secondary N) is 2. The zero-order chi connectivity index (χ0) is 13.4. The van der Waals surface area contributed by atoms with Gasteiger partial charge < -0.3 is 15.4 Å². The van der Waals surface area contributed by atoms with E-state index in [1.165, 1.54) is 0 Å². The van der Waals surface area contributed by atoms with E-state index in [0.717, 1.165) is 17.7 Å². The van der Waals surface area contributed by atoms with Gasteiger partial charge in [-0.15, -0.1) is 0 Å². The van der Waals surface area contributed by atoms with Crippen LogP contribution < -0.4 is 10.6 Å². The molecule has 1 amide bonds. The summed E-state index contributed by atoms with van der Waals surface area (Å²) in [4.78, 5) is 11.5. The Labute approximate surface area is 113 Å². The molecule has 0 aliphatic carbocycles. The minimum atomic E-state index is -0.0274. The number of halogens is 1. The second-order valence-corrected chi connectivity index (χ2v) is 4.45. The third-order valence-electron chi connectivity index (χ3n) is 2.48. The van der Waals surface area contributed by atoms with Gasteiger partial charge in [0.2, 0.25) is 5.91 Å². The van der Waals surface area contributed by atoms with Crippen LogP contribution in [-0.4, -0.2) is 32.7 Å². The van der Waals surface area contributed by atoms with Crippen LogP contribution in [0.2, 0.25) is 5.02 Å². The van der Waals surface area contributed by atoms with Gasteiger partial charge in [0.05, 0.1) is 6.54 Å². The fourth-order valence-corrected chi connectivity index (χ4v) is 1.73. The van der Waals surface area contributed by atoms with Gasteiger partial charge >= 0.3 is 0 Å². The van der Waals surface area contributed by atoms with Crippen LogP contribution in [0.3, 0.4) is 0 Å². The summed E-state index contributed by atoms with van der Waals surface area (Å²) in [5, 5.41) is 6.59. The van der Waals surface area contributed by atoms with Gasteiger partial charge in [-0.2, -0.15) is 0 Å². The predicted molar refractivity (Wildman–Crippen MR) is 74.2 cm³/mol. The lowest BCUT2D eigenvalue weighted by Gasteiger charge is -2.10. The first kappa shape index (κ1) is 14.8. The van der Waals surface area contributed by atoms with Crippen LogP contribution in [0.25, 0.3) is 0 Å². The fourth-order valence-electron chi connectivity index (χ4n) is 1.51. The largest absolute Gasteiger partial charge is 0.385 e. The van der Waals surface area contributed by atoms with Gasteiger partial charge in [-0.3, -0.25) is 4.79 Å². The summed E-state index contributed by atoms with van der Waals surface area (Å²) in [7, 11) is 1.65. The number of hydrogen-bond acceptors (Lipinski definition) is 3. The summed E-state index contributed by atoms with van der Waals surface area (Å²) >= 11 is 5.86. The van der Waals surface area contributed by atoms with Crippen molar-refractivity contribution in [2.75, 3.05) is 32.1 Å². The summed E-state index contributed by atoms with van der Waals surface area (Å²) in [6, 6.07) is 5.53. The molecule has 1 aromatic rings. The molecule has 0 fully saturated rings. The molecule has 0 saturated carbocycles. The molecule has 0 aromatic heterocycles. The molecule has 0 saturated heterocycles. The summed E-state index contributed by atoms with van der Waals surface area (Å²) < 4.78 is 4.90. The monoisotopic (exact) mass is 270 g/mol. The van der Waals surface area contributed by atoms with Gasteiger partial charge in [-0.1, -0.05) is 11.6 Å². The molecular weight excluding hydrogens is 252 g/mol. The highest BCUT2D eigenvalue weighted by Gasteiger charge is 2.02. The Morgan fingerprint density at radius 1 is 1.44 bits per heavy atom. The number of rotatable bonds is 7. The van der Waals surface area contributed by atoms with Gasteiger partial charge in [0.25, 0.3) is 0 Å². The van der Waals surface area contributed by atoms with Crippen LogP contribution in [0.5, 0.6) is 0 Å². The minimum absolute atomic E-state index is 0.0274. The molecule has 100 valence electrons. The predicted octanol–water partition coefficient (Wildman–Crippen LogP) is 2.21. The molecule has 4 nitrogen and oxygen atoms in total. The van der Waals surface area contributed by atoms with E-state index in [4.69, 9.17) is 16.3 Å². The average molecular weight is 271 g/mol. The number of anilines is 1. The van der Waals surface area contributed by atoms with Crippen LogP contribution in [-0.2, 0) is 9.53 Å². The molecule has 2 N–H and O–H groups in total. The number of aryl methyl sites for hydroxylation is 1. The molecule has 5 heteroatoms. The summed E-state index contributed by atoms with van der Waals surface area (Å²) in [6.07, 6.45) is 0.822. The normalized spacial score (nSPS) is 10.2. The first-order valence-corrected chi connectivity index (χ1v) is 6.27. The number of carbonyl (C=O) groups excluding carboxylic acids is 1. The molecule has 1 rings (SSSR count). The Morgan fingerprint density at radius 2 is 2.22 bits per heavy atom. The van der Waals surface area contributed by atoms with E-state index in [9.17, 15) is 4.79 Å². The Kier molecular flexibility index (Phi) is 6.54. The Bertz CT molecular complexity index is 397. The van der Waals surface area contributed by atoms with E-state index in [-0.39, 0.29) is 12.5 Å². The smallest absolute Gasteiger partial charge is 0.239 e. The Hall–Kier alpha value is -1.26. The molecule has 0 aliphatic heterocycles. The Morgan fingerprint density at radius 3 is 2.89 bits per heavy atom. The van der Waals surface area contributed by atoms with Crippen molar-refractivity contribution in [3.05, 3.63) is 28.8 Å². The number of benzene rings is 1. The van der Waals surface area contributed by atoms with E-state index in [1.807, 2.05) is 19.1 Å².